The maximum atomic E-state index is 12.6. The molecule has 3 rings (SSSR count). The van der Waals surface area contributed by atoms with Crippen LogP contribution in [0.4, 0.5) is 5.82 Å². The molecule has 0 saturated carbocycles. The minimum absolute atomic E-state index is 0.193. The van der Waals surface area contributed by atoms with Gasteiger partial charge in [0.15, 0.2) is 5.82 Å². The fourth-order valence-electron chi connectivity index (χ4n) is 3.11. The van der Waals surface area contributed by atoms with Crippen molar-refractivity contribution in [2.45, 2.75) is 25.7 Å². The zero-order valence-electron chi connectivity index (χ0n) is 12.3. The van der Waals surface area contributed by atoms with E-state index in [0.29, 0.717) is 5.91 Å². The number of carbonyl (C=O) groups excluding carboxylic acids is 1. The molecule has 0 spiro atoms. The van der Waals surface area contributed by atoms with E-state index >= 15 is 0 Å². The molecule has 1 aliphatic heterocycles. The lowest BCUT2D eigenvalue weighted by molar-refractivity contribution is -0.135. The van der Waals surface area contributed by atoms with Crippen molar-refractivity contribution in [1.82, 2.24) is 15.1 Å². The van der Waals surface area contributed by atoms with Gasteiger partial charge in [0.05, 0.1) is 0 Å². The summed E-state index contributed by atoms with van der Waals surface area (Å²) in [6.07, 6.45) is 9.95. The second kappa shape index (κ2) is 6.70. The van der Waals surface area contributed by atoms with E-state index < -0.39 is 0 Å². The minimum atomic E-state index is 0.193. The van der Waals surface area contributed by atoms with Gasteiger partial charge < -0.3 is 9.80 Å². The lowest BCUT2D eigenvalue weighted by Gasteiger charge is -2.27. The van der Waals surface area contributed by atoms with Crippen molar-refractivity contribution in [3.05, 3.63) is 30.5 Å². The monoisotopic (exact) mass is 286 g/mol. The van der Waals surface area contributed by atoms with Crippen molar-refractivity contribution in [2.24, 2.45) is 5.92 Å². The summed E-state index contributed by atoms with van der Waals surface area (Å²) >= 11 is 0. The first kappa shape index (κ1) is 14.0. The second-order valence-corrected chi connectivity index (χ2v) is 5.73. The number of hydrogen-bond acceptors (Lipinski definition) is 4. The van der Waals surface area contributed by atoms with Gasteiger partial charge in [-0.2, -0.15) is 5.10 Å². The molecule has 0 aromatic carbocycles. The summed E-state index contributed by atoms with van der Waals surface area (Å²) in [4.78, 5) is 16.9. The third-order valence-corrected chi connectivity index (χ3v) is 4.31. The molecule has 1 aromatic rings. The Balaban J connectivity index is 1.60. The maximum Gasteiger partial charge on any atom is 0.226 e. The van der Waals surface area contributed by atoms with Gasteiger partial charge in [-0.15, -0.1) is 5.10 Å². The van der Waals surface area contributed by atoms with Crippen molar-refractivity contribution >= 4 is 11.7 Å². The summed E-state index contributed by atoms with van der Waals surface area (Å²) < 4.78 is 0. The van der Waals surface area contributed by atoms with E-state index in [1.165, 1.54) is 0 Å². The third kappa shape index (κ3) is 3.40. The van der Waals surface area contributed by atoms with E-state index in [9.17, 15) is 4.79 Å². The molecule has 0 N–H and O–H groups in total. The number of hydrogen-bond donors (Lipinski definition) is 0. The molecule has 21 heavy (non-hydrogen) atoms. The van der Waals surface area contributed by atoms with Crippen molar-refractivity contribution in [2.75, 3.05) is 31.1 Å². The van der Waals surface area contributed by atoms with Crippen LogP contribution in [0.25, 0.3) is 0 Å². The highest BCUT2D eigenvalue weighted by atomic mass is 16.2. The first-order valence-electron chi connectivity index (χ1n) is 7.81. The van der Waals surface area contributed by atoms with Crippen LogP contribution in [0.5, 0.6) is 0 Å². The average molecular weight is 286 g/mol. The van der Waals surface area contributed by atoms with Crippen LogP contribution >= 0.6 is 0 Å². The van der Waals surface area contributed by atoms with Gasteiger partial charge in [-0.25, -0.2) is 0 Å². The van der Waals surface area contributed by atoms with Crippen LogP contribution < -0.4 is 4.90 Å². The van der Waals surface area contributed by atoms with Gasteiger partial charge in [0.2, 0.25) is 5.91 Å². The van der Waals surface area contributed by atoms with Gasteiger partial charge in [-0.1, -0.05) is 12.2 Å². The molecule has 1 saturated heterocycles. The first-order valence-corrected chi connectivity index (χ1v) is 7.81. The fraction of sp³-hybridized carbons (Fsp3) is 0.562. The normalized spacial score (nSPS) is 23.0. The number of carbonyl (C=O) groups is 1. The Morgan fingerprint density at radius 3 is 2.90 bits per heavy atom. The molecule has 2 aliphatic rings. The number of nitrogens with zero attached hydrogens (tertiary/aromatic N) is 4. The summed E-state index contributed by atoms with van der Waals surface area (Å²) in [5.41, 5.74) is 0. The summed E-state index contributed by atoms with van der Waals surface area (Å²) in [7, 11) is 0. The highest BCUT2D eigenvalue weighted by Gasteiger charge is 2.26. The predicted octanol–water partition coefficient (Wildman–Crippen LogP) is 1.87. The molecule has 1 aromatic heterocycles. The third-order valence-electron chi connectivity index (χ3n) is 4.31. The van der Waals surface area contributed by atoms with Crippen LogP contribution in [-0.2, 0) is 4.79 Å². The maximum absolute atomic E-state index is 12.6. The molecular formula is C16H22N4O. The van der Waals surface area contributed by atoms with Crippen LogP contribution in [0.15, 0.2) is 30.5 Å². The number of amides is 1. The van der Waals surface area contributed by atoms with E-state index in [-0.39, 0.29) is 5.92 Å². The van der Waals surface area contributed by atoms with Gasteiger partial charge in [0, 0.05) is 38.3 Å². The number of rotatable bonds is 2. The zero-order valence-corrected chi connectivity index (χ0v) is 12.3. The number of anilines is 1. The Labute approximate surface area is 125 Å². The number of aromatic nitrogens is 2. The highest BCUT2D eigenvalue weighted by molar-refractivity contribution is 5.79. The second-order valence-electron chi connectivity index (χ2n) is 5.73. The molecule has 5 heteroatoms. The smallest absolute Gasteiger partial charge is 0.226 e. The molecule has 112 valence electrons. The predicted molar refractivity (Wildman–Crippen MR) is 81.9 cm³/mol. The Bertz CT molecular complexity index is 502. The van der Waals surface area contributed by atoms with Gasteiger partial charge in [0.1, 0.15) is 0 Å². The zero-order chi connectivity index (χ0) is 14.5. The Kier molecular flexibility index (Phi) is 4.48. The molecule has 5 nitrogen and oxygen atoms in total. The van der Waals surface area contributed by atoms with Gasteiger partial charge in [-0.05, 0) is 37.8 Å². The van der Waals surface area contributed by atoms with Crippen molar-refractivity contribution in [3.8, 4) is 0 Å². The van der Waals surface area contributed by atoms with Gasteiger partial charge in [-0.3, -0.25) is 4.79 Å². The molecule has 1 aliphatic carbocycles. The Morgan fingerprint density at radius 2 is 2.14 bits per heavy atom. The van der Waals surface area contributed by atoms with Crippen LogP contribution in [0, 0.1) is 5.92 Å². The van der Waals surface area contributed by atoms with Crippen molar-refractivity contribution < 1.29 is 4.79 Å². The molecule has 1 fully saturated rings. The first-order chi connectivity index (χ1) is 10.3. The molecule has 2 heterocycles. The van der Waals surface area contributed by atoms with Crippen LogP contribution in [0.1, 0.15) is 25.7 Å². The highest BCUT2D eigenvalue weighted by Crippen LogP contribution is 2.22. The molecule has 0 radical (unpaired) electrons. The van der Waals surface area contributed by atoms with Crippen LogP contribution in [0.3, 0.4) is 0 Å². The van der Waals surface area contributed by atoms with Crippen molar-refractivity contribution in [3.63, 3.8) is 0 Å². The average Bonchev–Trinajstić information content (AvgIpc) is 2.82. The largest absolute Gasteiger partial charge is 0.353 e. The quantitative estimate of drug-likeness (QED) is 0.779. The topological polar surface area (TPSA) is 49.3 Å². The summed E-state index contributed by atoms with van der Waals surface area (Å²) in [5.74, 6) is 1.44. The fourth-order valence-corrected chi connectivity index (χ4v) is 3.11. The SMILES string of the molecule is O=C(C1CC=CCC1)N1CCCN(c2cccnn2)CC1. The minimum Gasteiger partial charge on any atom is -0.353 e. The lowest BCUT2D eigenvalue weighted by atomic mass is 9.93. The summed E-state index contributed by atoms with van der Waals surface area (Å²) in [6.45, 7) is 3.42. The Morgan fingerprint density at radius 1 is 1.19 bits per heavy atom. The van der Waals surface area contributed by atoms with Crippen molar-refractivity contribution in [1.29, 1.82) is 0 Å². The van der Waals surface area contributed by atoms with E-state index in [4.69, 9.17) is 0 Å². The standard InChI is InChI=1S/C16H22N4O/c21-16(14-6-2-1-3-7-14)20-11-5-10-19(12-13-20)15-8-4-9-17-18-15/h1-2,4,8-9,14H,3,5-7,10-13H2. The van der Waals surface area contributed by atoms with Crippen LogP contribution in [-0.4, -0.2) is 47.2 Å². The molecule has 1 unspecified atom stereocenters. The lowest BCUT2D eigenvalue weighted by Crippen LogP contribution is -2.39. The van der Waals surface area contributed by atoms with E-state index in [1.54, 1.807) is 6.20 Å². The molecule has 1 atom stereocenters. The van der Waals surface area contributed by atoms with Gasteiger partial charge in [0.25, 0.3) is 0 Å². The van der Waals surface area contributed by atoms with E-state index in [0.717, 1.165) is 57.7 Å². The van der Waals surface area contributed by atoms with Gasteiger partial charge >= 0.3 is 0 Å². The Hall–Kier alpha value is -1.91. The number of allylic oxidation sites excluding steroid dienone is 2. The van der Waals surface area contributed by atoms with Crippen LogP contribution in [0.2, 0.25) is 0 Å². The molecule has 0 bridgehead atoms. The molecular weight excluding hydrogens is 264 g/mol. The van der Waals surface area contributed by atoms with E-state index in [1.807, 2.05) is 17.0 Å². The van der Waals surface area contributed by atoms with E-state index in [2.05, 4.69) is 27.2 Å². The summed E-state index contributed by atoms with van der Waals surface area (Å²) in [5, 5.41) is 8.11. The summed E-state index contributed by atoms with van der Waals surface area (Å²) in [6, 6.07) is 3.89. The molecule has 1 amide bonds.